The van der Waals surface area contributed by atoms with E-state index in [0.717, 1.165) is 22.5 Å². The molecule has 1 aliphatic heterocycles. The molecule has 130 valence electrons. The number of carbonyl (C=O) groups excluding carboxylic acids is 2. The van der Waals surface area contributed by atoms with Crippen molar-refractivity contribution in [2.75, 3.05) is 23.4 Å². The number of hydrogen-bond donors (Lipinski definition) is 0. The topological polar surface area (TPSA) is 40.6 Å². The predicted molar refractivity (Wildman–Crippen MR) is 101 cm³/mol. The Bertz CT molecular complexity index is 812. The van der Waals surface area contributed by atoms with Crippen molar-refractivity contribution in [1.82, 2.24) is 0 Å². The van der Waals surface area contributed by atoms with Crippen molar-refractivity contribution in [3.63, 3.8) is 0 Å². The molecule has 2 amide bonds. The van der Waals surface area contributed by atoms with Gasteiger partial charge in [-0.2, -0.15) is 0 Å². The highest BCUT2D eigenvalue weighted by Crippen LogP contribution is 2.38. The molecule has 2 aromatic carbocycles. The first-order valence-corrected chi connectivity index (χ1v) is 8.57. The summed E-state index contributed by atoms with van der Waals surface area (Å²) in [4.78, 5) is 29.3. The van der Waals surface area contributed by atoms with Gasteiger partial charge in [0.25, 0.3) is 0 Å². The number of para-hydroxylation sites is 1. The Morgan fingerprint density at radius 3 is 2.40 bits per heavy atom. The normalized spacial score (nSPS) is 15.0. The summed E-state index contributed by atoms with van der Waals surface area (Å²) < 4.78 is 0. The molecule has 4 nitrogen and oxygen atoms in total. The molecule has 0 radical (unpaired) electrons. The van der Waals surface area contributed by atoms with Crippen LogP contribution in [0.15, 0.2) is 48.5 Å². The lowest BCUT2D eigenvalue weighted by molar-refractivity contribution is -0.123. The zero-order chi connectivity index (χ0) is 18.2. The van der Waals surface area contributed by atoms with E-state index in [0.29, 0.717) is 13.0 Å². The summed E-state index contributed by atoms with van der Waals surface area (Å²) in [6.07, 6.45) is 0.321. The second kappa shape index (κ2) is 6.36. The molecule has 0 N–H and O–H groups in total. The number of nitrogens with zero attached hydrogens (tertiary/aromatic N) is 2. The number of amides is 2. The Morgan fingerprint density at radius 1 is 1.04 bits per heavy atom. The molecule has 2 aromatic rings. The highest BCUT2D eigenvalue weighted by molar-refractivity contribution is 6.08. The van der Waals surface area contributed by atoms with Crippen LogP contribution in [0.5, 0.6) is 0 Å². The Kier molecular flexibility index (Phi) is 4.38. The molecule has 0 spiro atoms. The smallest absolute Gasteiger partial charge is 0.237 e. The van der Waals surface area contributed by atoms with E-state index in [1.165, 1.54) is 0 Å². The Morgan fingerprint density at radius 2 is 1.72 bits per heavy atom. The number of hydrogen-bond acceptors (Lipinski definition) is 2. The quantitative estimate of drug-likeness (QED) is 0.839. The summed E-state index contributed by atoms with van der Waals surface area (Å²) in [6, 6.07) is 15.6. The molecule has 0 saturated carbocycles. The molecular formula is C21H24N2O2. The van der Waals surface area contributed by atoms with Crippen molar-refractivity contribution < 1.29 is 9.59 Å². The minimum atomic E-state index is -0.674. The van der Waals surface area contributed by atoms with Crippen molar-refractivity contribution in [3.8, 4) is 0 Å². The lowest BCUT2D eigenvalue weighted by atomic mass is 9.83. The third-order valence-electron chi connectivity index (χ3n) is 5.05. The minimum absolute atomic E-state index is 0.0114. The van der Waals surface area contributed by atoms with Crippen LogP contribution in [0, 0.1) is 6.92 Å². The van der Waals surface area contributed by atoms with Crippen LogP contribution in [0.4, 0.5) is 11.4 Å². The molecule has 25 heavy (non-hydrogen) atoms. The van der Waals surface area contributed by atoms with Crippen molar-refractivity contribution in [2.45, 2.75) is 32.6 Å². The summed E-state index contributed by atoms with van der Waals surface area (Å²) in [7, 11) is 1.77. The van der Waals surface area contributed by atoms with Gasteiger partial charge in [0.05, 0.1) is 16.8 Å². The van der Waals surface area contributed by atoms with Gasteiger partial charge in [0.15, 0.2) is 0 Å². The number of anilines is 2. The average molecular weight is 336 g/mol. The van der Waals surface area contributed by atoms with E-state index in [4.69, 9.17) is 0 Å². The molecule has 3 rings (SSSR count). The lowest BCUT2D eigenvalue weighted by Crippen LogP contribution is -2.44. The van der Waals surface area contributed by atoms with Gasteiger partial charge in [-0.3, -0.25) is 9.59 Å². The van der Waals surface area contributed by atoms with Crippen LogP contribution in [0.3, 0.4) is 0 Å². The molecule has 4 heteroatoms. The van der Waals surface area contributed by atoms with E-state index in [-0.39, 0.29) is 11.8 Å². The highest BCUT2D eigenvalue weighted by Gasteiger charge is 2.37. The number of carbonyl (C=O) groups is 2. The molecule has 0 aromatic heterocycles. The predicted octanol–water partition coefficient (Wildman–Crippen LogP) is 3.67. The van der Waals surface area contributed by atoms with Crippen LogP contribution in [0.1, 0.15) is 31.4 Å². The zero-order valence-electron chi connectivity index (χ0n) is 15.2. The van der Waals surface area contributed by atoms with E-state index >= 15 is 0 Å². The number of aryl methyl sites for hydroxylation is 1. The van der Waals surface area contributed by atoms with Gasteiger partial charge in [-0.15, -0.1) is 0 Å². The second-order valence-electron chi connectivity index (χ2n) is 7.09. The monoisotopic (exact) mass is 336 g/mol. The lowest BCUT2D eigenvalue weighted by Gasteiger charge is -2.33. The third-order valence-corrected chi connectivity index (χ3v) is 5.05. The number of fused-ring (bicyclic) bond motifs is 1. The maximum absolute atomic E-state index is 13.5. The Balaban J connectivity index is 2.09. The van der Waals surface area contributed by atoms with Crippen molar-refractivity contribution >= 4 is 23.2 Å². The molecule has 1 heterocycles. The van der Waals surface area contributed by atoms with Gasteiger partial charge in [0.2, 0.25) is 11.8 Å². The zero-order valence-corrected chi connectivity index (χ0v) is 15.2. The molecule has 0 fully saturated rings. The van der Waals surface area contributed by atoms with Crippen molar-refractivity contribution in [1.29, 1.82) is 0 Å². The highest BCUT2D eigenvalue weighted by atomic mass is 16.2. The first kappa shape index (κ1) is 17.2. The van der Waals surface area contributed by atoms with Gasteiger partial charge in [-0.25, -0.2) is 0 Å². The summed E-state index contributed by atoms with van der Waals surface area (Å²) in [5, 5.41) is 0. The SMILES string of the molecule is Cc1cccc2c1N(C(=O)C(C)(C)c1ccccc1)CCC(=O)N2C. The fourth-order valence-corrected chi connectivity index (χ4v) is 3.41. The van der Waals surface area contributed by atoms with Crippen LogP contribution in [0.2, 0.25) is 0 Å². The number of rotatable bonds is 2. The average Bonchev–Trinajstić information content (AvgIpc) is 2.74. The van der Waals surface area contributed by atoms with Gasteiger partial charge < -0.3 is 9.80 Å². The van der Waals surface area contributed by atoms with E-state index in [1.54, 1.807) is 16.8 Å². The minimum Gasteiger partial charge on any atom is -0.313 e. The summed E-state index contributed by atoms with van der Waals surface area (Å²) in [5.41, 5.74) is 2.92. The van der Waals surface area contributed by atoms with Gasteiger partial charge in [-0.05, 0) is 38.0 Å². The van der Waals surface area contributed by atoms with E-state index in [9.17, 15) is 9.59 Å². The van der Waals surface area contributed by atoms with Gasteiger partial charge in [-0.1, -0.05) is 42.5 Å². The third kappa shape index (κ3) is 2.93. The Labute approximate surface area is 149 Å². The summed E-state index contributed by atoms with van der Waals surface area (Å²) >= 11 is 0. The van der Waals surface area contributed by atoms with E-state index in [2.05, 4.69) is 0 Å². The fraction of sp³-hybridized carbons (Fsp3) is 0.333. The molecule has 0 saturated heterocycles. The maximum Gasteiger partial charge on any atom is 0.237 e. The van der Waals surface area contributed by atoms with Crippen LogP contribution in [-0.2, 0) is 15.0 Å². The molecule has 0 bridgehead atoms. The standard InChI is InChI=1S/C21H24N2O2/c1-15-9-8-12-17-19(15)23(14-13-18(24)22(17)4)20(25)21(2,3)16-10-6-5-7-11-16/h5-12H,13-14H2,1-4H3. The first-order chi connectivity index (χ1) is 11.8. The van der Waals surface area contributed by atoms with E-state index in [1.807, 2.05) is 69.3 Å². The fourth-order valence-electron chi connectivity index (χ4n) is 3.41. The van der Waals surface area contributed by atoms with Crippen LogP contribution >= 0.6 is 0 Å². The van der Waals surface area contributed by atoms with Crippen molar-refractivity contribution in [3.05, 3.63) is 59.7 Å². The number of benzene rings is 2. The van der Waals surface area contributed by atoms with Crippen LogP contribution in [-0.4, -0.2) is 25.4 Å². The molecule has 0 aliphatic carbocycles. The summed E-state index contributed by atoms with van der Waals surface area (Å²) in [6.45, 7) is 6.27. The first-order valence-electron chi connectivity index (χ1n) is 8.57. The van der Waals surface area contributed by atoms with Crippen molar-refractivity contribution in [2.24, 2.45) is 0 Å². The van der Waals surface area contributed by atoms with Gasteiger partial charge in [0.1, 0.15) is 0 Å². The molecule has 0 atom stereocenters. The van der Waals surface area contributed by atoms with E-state index < -0.39 is 5.41 Å². The largest absolute Gasteiger partial charge is 0.313 e. The maximum atomic E-state index is 13.5. The Hall–Kier alpha value is -2.62. The van der Waals surface area contributed by atoms with Crippen LogP contribution in [0.25, 0.3) is 0 Å². The summed E-state index contributed by atoms with van der Waals surface area (Å²) in [5.74, 6) is 0.0389. The van der Waals surface area contributed by atoms with Gasteiger partial charge in [0, 0.05) is 20.0 Å². The molecular weight excluding hydrogens is 312 g/mol. The molecule has 1 aliphatic rings. The molecule has 0 unspecified atom stereocenters. The van der Waals surface area contributed by atoms with Crippen LogP contribution < -0.4 is 9.80 Å². The second-order valence-corrected chi connectivity index (χ2v) is 7.09. The van der Waals surface area contributed by atoms with Gasteiger partial charge >= 0.3 is 0 Å².